The molecule has 1 atom stereocenters. The molecule has 2 radical (unpaired) electrons. The van der Waals surface area contributed by atoms with Crippen molar-refractivity contribution in [2.75, 3.05) is 0 Å². The Balaban J connectivity index is 2.42. The van der Waals surface area contributed by atoms with Gasteiger partial charge in [0.2, 0.25) is 0 Å². The fraction of sp³-hybridized carbons (Fsp3) is 0.300. The summed E-state index contributed by atoms with van der Waals surface area (Å²) >= 11 is 0. The van der Waals surface area contributed by atoms with Gasteiger partial charge in [-0.15, -0.1) is 0 Å². The lowest BCUT2D eigenvalue weighted by molar-refractivity contribution is 0.726. The van der Waals surface area contributed by atoms with Crippen molar-refractivity contribution in [3.63, 3.8) is 0 Å². The van der Waals surface area contributed by atoms with E-state index in [0.29, 0.717) is 5.92 Å². The molecule has 0 saturated heterocycles. The van der Waals surface area contributed by atoms with Crippen molar-refractivity contribution < 1.29 is 0 Å². The van der Waals surface area contributed by atoms with Crippen LogP contribution in [-0.2, 0) is 6.42 Å². The van der Waals surface area contributed by atoms with Gasteiger partial charge in [-0.1, -0.05) is 31.2 Å². The average Bonchev–Trinajstić information content (AvgIpc) is 2.27. The summed E-state index contributed by atoms with van der Waals surface area (Å²) in [5.41, 5.74) is 2.77. The van der Waals surface area contributed by atoms with Crippen LogP contribution in [0.3, 0.4) is 0 Å². The Morgan fingerprint density at radius 3 is 3.00 bits per heavy atom. The summed E-state index contributed by atoms with van der Waals surface area (Å²) in [5.74, 6) is 0.623. The molecule has 0 bridgehead atoms. The van der Waals surface area contributed by atoms with Crippen molar-refractivity contribution >= 4 is 0 Å². The molecule has 0 heteroatoms. The highest BCUT2D eigenvalue weighted by Crippen LogP contribution is 2.27. The first kappa shape index (κ1) is 5.96. The SMILES string of the molecule is CC1[C]c2ccccc2C1. The lowest BCUT2D eigenvalue weighted by atomic mass is 10.1. The van der Waals surface area contributed by atoms with E-state index in [0.717, 1.165) is 0 Å². The molecule has 0 aromatic heterocycles. The number of fused-ring (bicyclic) bond motifs is 1. The van der Waals surface area contributed by atoms with Crippen LogP contribution in [0.4, 0.5) is 0 Å². The topological polar surface area (TPSA) is 0 Å². The van der Waals surface area contributed by atoms with Crippen LogP contribution >= 0.6 is 0 Å². The minimum Gasteiger partial charge on any atom is -0.0620 e. The smallest absolute Gasteiger partial charge is 0.0201 e. The summed E-state index contributed by atoms with van der Waals surface area (Å²) < 4.78 is 0. The molecule has 0 heterocycles. The molecular weight excluding hydrogens is 120 g/mol. The van der Waals surface area contributed by atoms with E-state index in [9.17, 15) is 0 Å². The highest BCUT2D eigenvalue weighted by molar-refractivity contribution is 5.38. The van der Waals surface area contributed by atoms with Crippen LogP contribution < -0.4 is 0 Å². The van der Waals surface area contributed by atoms with Gasteiger partial charge in [-0.3, -0.25) is 0 Å². The molecule has 0 aliphatic heterocycles. The van der Waals surface area contributed by atoms with Gasteiger partial charge in [0.15, 0.2) is 0 Å². The van der Waals surface area contributed by atoms with Crippen molar-refractivity contribution in [1.29, 1.82) is 0 Å². The maximum Gasteiger partial charge on any atom is 0.0201 e. The second-order valence-corrected chi connectivity index (χ2v) is 2.91. The molecule has 0 saturated carbocycles. The third-order valence-corrected chi connectivity index (χ3v) is 1.95. The lowest BCUT2D eigenvalue weighted by Gasteiger charge is -1.93. The van der Waals surface area contributed by atoms with Crippen molar-refractivity contribution in [2.45, 2.75) is 13.3 Å². The fourth-order valence-corrected chi connectivity index (χ4v) is 1.49. The number of hydrogen-bond donors (Lipinski definition) is 0. The van der Waals surface area contributed by atoms with Crippen LogP contribution in [0.15, 0.2) is 24.3 Å². The molecule has 0 amide bonds. The predicted molar refractivity (Wildman–Crippen MR) is 41.7 cm³/mol. The number of hydrogen-bond acceptors (Lipinski definition) is 0. The first-order valence-electron chi connectivity index (χ1n) is 3.71. The van der Waals surface area contributed by atoms with Gasteiger partial charge in [0.1, 0.15) is 0 Å². The van der Waals surface area contributed by atoms with Crippen LogP contribution in [-0.4, -0.2) is 0 Å². The number of rotatable bonds is 0. The van der Waals surface area contributed by atoms with Gasteiger partial charge in [0.25, 0.3) is 0 Å². The predicted octanol–water partition coefficient (Wildman–Crippen LogP) is 2.31. The van der Waals surface area contributed by atoms with Crippen LogP contribution in [0.5, 0.6) is 0 Å². The van der Waals surface area contributed by atoms with Gasteiger partial charge < -0.3 is 0 Å². The quantitative estimate of drug-likeness (QED) is 0.505. The Kier molecular flexibility index (Phi) is 1.26. The van der Waals surface area contributed by atoms with E-state index in [2.05, 4.69) is 37.6 Å². The maximum atomic E-state index is 3.40. The first-order chi connectivity index (χ1) is 4.86. The van der Waals surface area contributed by atoms with Crippen LogP contribution in [0.1, 0.15) is 18.1 Å². The molecule has 10 heavy (non-hydrogen) atoms. The zero-order valence-corrected chi connectivity index (χ0v) is 6.09. The van der Waals surface area contributed by atoms with Gasteiger partial charge in [0, 0.05) is 6.42 Å². The van der Waals surface area contributed by atoms with Crippen molar-refractivity contribution in [2.24, 2.45) is 5.92 Å². The summed E-state index contributed by atoms with van der Waals surface area (Å²) in [6.45, 7) is 2.21. The third kappa shape index (κ3) is 0.841. The van der Waals surface area contributed by atoms with Crippen LogP contribution in [0, 0.1) is 12.3 Å². The van der Waals surface area contributed by atoms with Crippen LogP contribution in [0.2, 0.25) is 0 Å². The second kappa shape index (κ2) is 2.12. The molecule has 1 aliphatic rings. The van der Waals surface area contributed by atoms with E-state index in [-0.39, 0.29) is 0 Å². The standard InChI is InChI=1S/C10H10/c1-8-6-9-4-2-3-5-10(9)7-8/h2-5,8H,6H2,1H3. The summed E-state index contributed by atoms with van der Waals surface area (Å²) in [6.07, 6.45) is 4.57. The largest absolute Gasteiger partial charge is 0.0620 e. The normalized spacial score (nSPS) is 17.3. The Bertz CT molecular complexity index is 213. The second-order valence-electron chi connectivity index (χ2n) is 2.91. The van der Waals surface area contributed by atoms with Gasteiger partial charge in [-0.25, -0.2) is 0 Å². The van der Waals surface area contributed by atoms with Gasteiger partial charge >= 0.3 is 0 Å². The molecule has 50 valence electrons. The van der Waals surface area contributed by atoms with E-state index < -0.39 is 0 Å². The Hall–Kier alpha value is -0.780. The molecule has 1 unspecified atom stereocenters. The van der Waals surface area contributed by atoms with Crippen molar-refractivity contribution in [3.8, 4) is 0 Å². The van der Waals surface area contributed by atoms with Gasteiger partial charge in [-0.2, -0.15) is 0 Å². The first-order valence-corrected chi connectivity index (χ1v) is 3.71. The van der Waals surface area contributed by atoms with E-state index in [1.807, 2.05) is 0 Å². The molecule has 0 nitrogen and oxygen atoms in total. The van der Waals surface area contributed by atoms with Crippen molar-refractivity contribution in [1.82, 2.24) is 0 Å². The highest BCUT2D eigenvalue weighted by Gasteiger charge is 2.16. The molecule has 0 fully saturated rings. The zero-order chi connectivity index (χ0) is 6.97. The van der Waals surface area contributed by atoms with E-state index in [4.69, 9.17) is 0 Å². The minimum absolute atomic E-state index is 0.623. The Labute approximate surface area is 61.9 Å². The van der Waals surface area contributed by atoms with Crippen molar-refractivity contribution in [3.05, 3.63) is 41.8 Å². The van der Waals surface area contributed by atoms with Gasteiger partial charge in [0.05, 0.1) is 0 Å². The Morgan fingerprint density at radius 2 is 2.20 bits per heavy atom. The number of benzene rings is 1. The zero-order valence-electron chi connectivity index (χ0n) is 6.09. The van der Waals surface area contributed by atoms with E-state index in [1.165, 1.54) is 17.5 Å². The van der Waals surface area contributed by atoms with E-state index in [1.54, 1.807) is 0 Å². The molecule has 1 aromatic carbocycles. The molecule has 1 aliphatic carbocycles. The summed E-state index contributed by atoms with van der Waals surface area (Å²) in [4.78, 5) is 0. The highest BCUT2D eigenvalue weighted by atomic mass is 14.2. The summed E-state index contributed by atoms with van der Waals surface area (Å²) in [7, 11) is 0. The molecule has 2 rings (SSSR count). The lowest BCUT2D eigenvalue weighted by Crippen LogP contribution is -1.86. The minimum atomic E-state index is 0.623. The summed E-state index contributed by atoms with van der Waals surface area (Å²) in [6, 6.07) is 8.49. The van der Waals surface area contributed by atoms with Crippen LogP contribution in [0.25, 0.3) is 0 Å². The third-order valence-electron chi connectivity index (χ3n) is 1.95. The fourth-order valence-electron chi connectivity index (χ4n) is 1.49. The summed E-state index contributed by atoms with van der Waals surface area (Å²) in [5, 5.41) is 0. The monoisotopic (exact) mass is 130 g/mol. The molecular formula is C10H10. The van der Waals surface area contributed by atoms with Gasteiger partial charge in [-0.05, 0) is 23.5 Å². The molecule has 1 aromatic rings. The molecule has 0 spiro atoms. The maximum absolute atomic E-state index is 3.40. The van der Waals surface area contributed by atoms with E-state index >= 15 is 0 Å². The molecule has 0 N–H and O–H groups in total. The Morgan fingerprint density at radius 1 is 1.40 bits per heavy atom. The average molecular weight is 130 g/mol.